The Kier molecular flexibility index (Phi) is 6.94. The lowest BCUT2D eigenvalue weighted by Crippen LogP contribution is -2.26. The molecule has 1 heterocycles. The smallest absolute Gasteiger partial charge is 0.301 e. The van der Waals surface area contributed by atoms with Crippen LogP contribution in [0.3, 0.4) is 0 Å². The van der Waals surface area contributed by atoms with Crippen LogP contribution >= 0.6 is 0 Å². The molecule has 0 aliphatic rings. The number of ether oxygens (including phenoxy) is 1. The molecular weight excluding hydrogens is 398 g/mol. The highest BCUT2D eigenvalue weighted by atomic mass is 16.6. The molecule has 30 heavy (non-hydrogen) atoms. The predicted molar refractivity (Wildman–Crippen MR) is 105 cm³/mol. The summed E-state index contributed by atoms with van der Waals surface area (Å²) in [6, 6.07) is 4.71. The van der Waals surface area contributed by atoms with Crippen LogP contribution in [0.5, 0.6) is 5.88 Å². The molecule has 0 fully saturated rings. The number of methoxy groups -OCH3 is 1. The molecule has 2 rings (SSSR count). The molecular formula is C18H17N5O7. The summed E-state index contributed by atoms with van der Waals surface area (Å²) in [5.74, 6) is -0.457. The molecule has 0 amide bonds. The second-order valence-electron chi connectivity index (χ2n) is 6.10. The van der Waals surface area contributed by atoms with Crippen molar-refractivity contribution < 1.29 is 19.7 Å². The molecule has 12 nitrogen and oxygen atoms in total. The van der Waals surface area contributed by atoms with Gasteiger partial charge in [-0.1, -0.05) is 0 Å². The highest BCUT2D eigenvalue weighted by molar-refractivity contribution is 5.88. The molecule has 0 radical (unpaired) electrons. The number of hydrogen-bond donors (Lipinski definition) is 1. The molecule has 0 bridgehead atoms. The molecule has 0 atom stereocenters. The van der Waals surface area contributed by atoms with Crippen molar-refractivity contribution in [3.05, 3.63) is 65.5 Å². The van der Waals surface area contributed by atoms with E-state index in [0.717, 1.165) is 29.0 Å². The maximum atomic E-state index is 12.4. The van der Waals surface area contributed by atoms with Crippen molar-refractivity contribution >= 4 is 23.3 Å². The second-order valence-corrected chi connectivity index (χ2v) is 6.10. The van der Waals surface area contributed by atoms with Crippen LogP contribution in [0.4, 0.5) is 17.1 Å². The van der Waals surface area contributed by atoms with Crippen LogP contribution in [0.15, 0.2) is 28.0 Å². The van der Waals surface area contributed by atoms with Crippen molar-refractivity contribution in [2.24, 2.45) is 4.99 Å². The van der Waals surface area contributed by atoms with E-state index < -0.39 is 32.7 Å². The fraction of sp³-hybridized carbons (Fsp3) is 0.278. The van der Waals surface area contributed by atoms with Gasteiger partial charge in [0.2, 0.25) is 5.88 Å². The number of non-ortho nitro benzene ring substituents is 1. The van der Waals surface area contributed by atoms with Crippen LogP contribution in [0.25, 0.3) is 0 Å². The van der Waals surface area contributed by atoms with Gasteiger partial charge in [0.05, 0.1) is 21.5 Å². The third-order valence-electron chi connectivity index (χ3n) is 4.28. The monoisotopic (exact) mass is 415 g/mol. The molecule has 2 aromatic rings. The van der Waals surface area contributed by atoms with Crippen molar-refractivity contribution in [3.8, 4) is 11.9 Å². The topological polar surface area (TPSA) is 174 Å². The first-order valence-electron chi connectivity index (χ1n) is 8.55. The van der Waals surface area contributed by atoms with Crippen molar-refractivity contribution in [2.75, 3.05) is 13.7 Å². The second kappa shape index (κ2) is 9.39. The zero-order valence-electron chi connectivity index (χ0n) is 16.1. The van der Waals surface area contributed by atoms with Gasteiger partial charge in [-0.05, 0) is 25.0 Å². The summed E-state index contributed by atoms with van der Waals surface area (Å²) in [5.41, 5.74) is -1.98. The quantitative estimate of drug-likeness (QED) is 0.296. The van der Waals surface area contributed by atoms with E-state index >= 15 is 0 Å². The Labute approximate surface area is 169 Å². The van der Waals surface area contributed by atoms with Gasteiger partial charge in [-0.3, -0.25) is 29.6 Å². The van der Waals surface area contributed by atoms with Gasteiger partial charge in [0, 0.05) is 32.5 Å². The number of benzene rings is 1. The first-order valence-corrected chi connectivity index (χ1v) is 8.55. The van der Waals surface area contributed by atoms with E-state index in [1.54, 1.807) is 6.07 Å². The summed E-state index contributed by atoms with van der Waals surface area (Å²) in [4.78, 5) is 36.9. The molecule has 0 aliphatic heterocycles. The summed E-state index contributed by atoms with van der Waals surface area (Å²) in [6.07, 6.45) is 1.47. The molecule has 0 unspecified atom stereocenters. The summed E-state index contributed by atoms with van der Waals surface area (Å²) in [5, 5.41) is 42.0. The highest BCUT2D eigenvalue weighted by Crippen LogP contribution is 2.31. The van der Waals surface area contributed by atoms with E-state index in [4.69, 9.17) is 4.74 Å². The van der Waals surface area contributed by atoms with Crippen LogP contribution in [-0.2, 0) is 11.3 Å². The van der Waals surface area contributed by atoms with Gasteiger partial charge in [-0.2, -0.15) is 5.26 Å². The van der Waals surface area contributed by atoms with E-state index in [1.165, 1.54) is 14.0 Å². The zero-order chi connectivity index (χ0) is 22.4. The van der Waals surface area contributed by atoms with Crippen molar-refractivity contribution in [1.82, 2.24) is 4.57 Å². The molecule has 0 spiro atoms. The third kappa shape index (κ3) is 4.47. The van der Waals surface area contributed by atoms with E-state index in [0.29, 0.717) is 13.0 Å². The van der Waals surface area contributed by atoms with E-state index in [-0.39, 0.29) is 28.9 Å². The van der Waals surface area contributed by atoms with Gasteiger partial charge in [0.1, 0.15) is 17.3 Å². The minimum absolute atomic E-state index is 0.0243. The van der Waals surface area contributed by atoms with E-state index in [2.05, 4.69) is 4.99 Å². The first kappa shape index (κ1) is 22.2. The van der Waals surface area contributed by atoms with Crippen molar-refractivity contribution in [3.63, 3.8) is 0 Å². The summed E-state index contributed by atoms with van der Waals surface area (Å²) >= 11 is 0. The Bertz CT molecular complexity index is 1130. The number of nitrogens with zero attached hydrogens (tertiary/aromatic N) is 5. The number of pyridine rings is 1. The lowest BCUT2D eigenvalue weighted by molar-refractivity contribution is -0.393. The molecule has 0 saturated carbocycles. The minimum atomic E-state index is -0.821. The van der Waals surface area contributed by atoms with Crippen LogP contribution in [0.1, 0.15) is 23.1 Å². The standard InChI is InChI=1S/C18H17N5O7/c1-11-13(9-19)17(24)21(6-3-7-30-2)18(25)14(11)10-20-15-5-4-12(22(26)27)8-16(15)23(28)29/h4-5,8,10,25H,3,6-7H2,1-2H3. The fourth-order valence-corrected chi connectivity index (χ4v) is 2.71. The number of nitro benzene ring substituents is 2. The van der Waals surface area contributed by atoms with Gasteiger partial charge < -0.3 is 9.84 Å². The number of aromatic hydroxyl groups is 1. The average Bonchev–Trinajstić information content (AvgIpc) is 2.70. The number of hydrogen-bond acceptors (Lipinski definition) is 9. The van der Waals surface area contributed by atoms with Gasteiger partial charge in [0.25, 0.3) is 11.2 Å². The summed E-state index contributed by atoms with van der Waals surface area (Å²) in [6.45, 7) is 1.83. The van der Waals surface area contributed by atoms with Gasteiger partial charge in [-0.25, -0.2) is 4.99 Å². The summed E-state index contributed by atoms with van der Waals surface area (Å²) < 4.78 is 5.92. The molecule has 0 saturated heterocycles. The zero-order valence-corrected chi connectivity index (χ0v) is 16.1. The van der Waals surface area contributed by atoms with Gasteiger partial charge >= 0.3 is 5.69 Å². The maximum Gasteiger partial charge on any atom is 0.301 e. The number of rotatable bonds is 8. The number of aliphatic imine (C=N–C) groups is 1. The van der Waals surface area contributed by atoms with Gasteiger partial charge in [-0.15, -0.1) is 0 Å². The molecule has 1 aromatic heterocycles. The highest BCUT2D eigenvalue weighted by Gasteiger charge is 2.21. The van der Waals surface area contributed by atoms with Gasteiger partial charge in [0.15, 0.2) is 0 Å². The largest absolute Gasteiger partial charge is 0.494 e. The van der Waals surface area contributed by atoms with E-state index in [1.807, 2.05) is 0 Å². The van der Waals surface area contributed by atoms with Crippen molar-refractivity contribution in [2.45, 2.75) is 19.9 Å². The molecule has 1 aromatic carbocycles. The SMILES string of the molecule is COCCCn1c(O)c(C=Nc2ccc([N+](=O)[O-])cc2[N+](=O)[O-])c(C)c(C#N)c1=O. The first-order chi connectivity index (χ1) is 14.2. The van der Waals surface area contributed by atoms with Crippen molar-refractivity contribution in [1.29, 1.82) is 5.26 Å². The minimum Gasteiger partial charge on any atom is -0.494 e. The number of nitro groups is 2. The Morgan fingerprint density at radius 3 is 2.60 bits per heavy atom. The predicted octanol–water partition coefficient (Wildman–Crippen LogP) is 2.34. The Balaban J connectivity index is 2.60. The molecule has 1 N–H and O–H groups in total. The number of aromatic nitrogens is 1. The van der Waals surface area contributed by atoms with Crippen LogP contribution < -0.4 is 5.56 Å². The summed E-state index contributed by atoms with van der Waals surface area (Å²) in [7, 11) is 1.48. The Morgan fingerprint density at radius 2 is 2.03 bits per heavy atom. The van der Waals surface area contributed by atoms with Crippen LogP contribution in [0, 0.1) is 38.5 Å². The third-order valence-corrected chi connectivity index (χ3v) is 4.28. The molecule has 156 valence electrons. The normalized spacial score (nSPS) is 10.8. The number of nitriles is 1. The maximum absolute atomic E-state index is 12.4. The van der Waals surface area contributed by atoms with E-state index in [9.17, 15) is 35.4 Å². The fourth-order valence-electron chi connectivity index (χ4n) is 2.71. The Hall–Kier alpha value is -4.11. The molecule has 12 heteroatoms. The van der Waals surface area contributed by atoms with Crippen LogP contribution in [-0.4, -0.2) is 39.5 Å². The van der Waals surface area contributed by atoms with Crippen LogP contribution in [0.2, 0.25) is 0 Å². The average molecular weight is 415 g/mol. The lowest BCUT2D eigenvalue weighted by Gasteiger charge is -2.13. The molecule has 0 aliphatic carbocycles. The Morgan fingerprint density at radius 1 is 1.33 bits per heavy atom. The lowest BCUT2D eigenvalue weighted by atomic mass is 10.1.